The maximum absolute atomic E-state index is 13.5. The van der Waals surface area contributed by atoms with Crippen molar-refractivity contribution in [1.82, 2.24) is 5.32 Å². The Labute approximate surface area is 456 Å². The Balaban J connectivity index is 5.26. The van der Waals surface area contributed by atoms with Crippen LogP contribution in [0.5, 0.6) is 0 Å². The van der Waals surface area contributed by atoms with E-state index in [2.05, 4.69) is 99.0 Å². The van der Waals surface area contributed by atoms with E-state index in [-0.39, 0.29) is 31.5 Å². The summed E-state index contributed by atoms with van der Waals surface area (Å²) in [5, 5.41) is 3.04. The van der Waals surface area contributed by atoms with Crippen molar-refractivity contribution >= 4 is 19.7 Å². The normalized spacial score (nSPS) is 14.3. The standard InChI is InChI=1S/C64H115N2O7P/c1-7-10-13-16-19-22-25-27-29-30-31-32-33-34-35-36-37-39-42-45-48-51-54-57-64(68)73-62(55-52-49-46-43-40-24-21-18-15-12-9-3)61(60-72-74(69,70)71-59-58-66(4,5)6)65-63(67)56-53-50-47-44-41-38-28-26-23-20-17-14-11-8-2/h10,13,19,22,27,29,31-32,34-35,37,39,52,55,61-62H,7-9,11-12,14-18,20-21,23-26,28,30,33,36,38,40-51,53-54,56-60H2,1-6H3,(H-,65,67,69,70)/p+1/b13-10-,22-19-,29-27-,32-31-,35-34-,39-37-,55-52+. The van der Waals surface area contributed by atoms with Gasteiger partial charge in [0, 0.05) is 12.8 Å². The Hall–Kier alpha value is -2.81. The molecule has 0 aliphatic carbocycles. The van der Waals surface area contributed by atoms with Gasteiger partial charge in [-0.1, -0.05) is 247 Å². The maximum Gasteiger partial charge on any atom is 0.472 e. The van der Waals surface area contributed by atoms with Crippen molar-refractivity contribution in [2.45, 2.75) is 270 Å². The van der Waals surface area contributed by atoms with Crippen LogP contribution in [0.25, 0.3) is 0 Å². The van der Waals surface area contributed by atoms with Gasteiger partial charge in [0.1, 0.15) is 19.3 Å². The molecule has 0 rings (SSSR count). The first kappa shape index (κ1) is 71.2. The fourth-order valence-electron chi connectivity index (χ4n) is 8.41. The van der Waals surface area contributed by atoms with Crippen LogP contribution in [0.1, 0.15) is 258 Å². The summed E-state index contributed by atoms with van der Waals surface area (Å²) in [4.78, 5) is 37.6. The van der Waals surface area contributed by atoms with Gasteiger partial charge < -0.3 is 19.4 Å². The first-order valence-corrected chi connectivity index (χ1v) is 31.9. The second-order valence-electron chi connectivity index (χ2n) is 21.5. The molecule has 74 heavy (non-hydrogen) atoms. The summed E-state index contributed by atoms with van der Waals surface area (Å²) in [7, 11) is 1.48. The number of allylic oxidation sites excluding steroid dienone is 13. The quantitative estimate of drug-likeness (QED) is 0.0205. The number of ether oxygens (including phenoxy) is 1. The van der Waals surface area contributed by atoms with Crippen molar-refractivity contribution in [1.29, 1.82) is 0 Å². The number of unbranched alkanes of at least 4 members (excludes halogenated alkanes) is 26. The first-order chi connectivity index (χ1) is 35.9. The van der Waals surface area contributed by atoms with Crippen molar-refractivity contribution in [3.8, 4) is 0 Å². The molecule has 0 aromatic heterocycles. The summed E-state index contributed by atoms with van der Waals surface area (Å²) in [6.45, 7) is 6.88. The molecule has 0 aromatic rings. The molecular formula is C64H116N2O7P+. The van der Waals surface area contributed by atoms with Gasteiger partial charge in [-0.25, -0.2) is 4.57 Å². The minimum atomic E-state index is -4.45. The Bertz CT molecular complexity index is 1540. The Morgan fingerprint density at radius 3 is 1.30 bits per heavy atom. The Morgan fingerprint density at radius 1 is 0.486 bits per heavy atom. The van der Waals surface area contributed by atoms with Crippen molar-refractivity contribution < 1.29 is 37.3 Å². The zero-order valence-electron chi connectivity index (χ0n) is 48.8. The molecule has 0 radical (unpaired) electrons. The van der Waals surface area contributed by atoms with Gasteiger partial charge in [-0.05, 0) is 83.1 Å². The highest BCUT2D eigenvalue weighted by atomic mass is 31.2. The van der Waals surface area contributed by atoms with Crippen LogP contribution in [-0.4, -0.2) is 74.3 Å². The van der Waals surface area contributed by atoms with E-state index >= 15 is 0 Å². The highest BCUT2D eigenvalue weighted by Gasteiger charge is 2.30. The number of hydrogen-bond donors (Lipinski definition) is 2. The smallest absolute Gasteiger partial charge is 0.456 e. The monoisotopic (exact) mass is 1060 g/mol. The van der Waals surface area contributed by atoms with E-state index in [1.54, 1.807) is 0 Å². The molecule has 3 unspecified atom stereocenters. The van der Waals surface area contributed by atoms with Gasteiger partial charge in [-0.2, -0.15) is 0 Å². The molecule has 0 aliphatic heterocycles. The fourth-order valence-corrected chi connectivity index (χ4v) is 9.15. The lowest BCUT2D eigenvalue weighted by Crippen LogP contribution is -2.47. The van der Waals surface area contributed by atoms with E-state index in [9.17, 15) is 19.0 Å². The number of hydrogen-bond acceptors (Lipinski definition) is 6. The van der Waals surface area contributed by atoms with E-state index in [0.717, 1.165) is 103 Å². The molecule has 428 valence electrons. The van der Waals surface area contributed by atoms with Crippen LogP contribution < -0.4 is 5.32 Å². The summed E-state index contributed by atoms with van der Waals surface area (Å²) < 4.78 is 30.6. The van der Waals surface area contributed by atoms with Crippen LogP contribution in [-0.2, 0) is 27.9 Å². The lowest BCUT2D eigenvalue weighted by Gasteiger charge is -2.27. The zero-order chi connectivity index (χ0) is 54.3. The second kappa shape index (κ2) is 53.6. The summed E-state index contributed by atoms with van der Waals surface area (Å²) in [6.07, 6.45) is 70.1. The summed E-state index contributed by atoms with van der Waals surface area (Å²) >= 11 is 0. The number of nitrogens with zero attached hydrogens (tertiary/aromatic N) is 1. The molecule has 0 heterocycles. The van der Waals surface area contributed by atoms with Gasteiger partial charge in [0.15, 0.2) is 0 Å². The maximum atomic E-state index is 13.5. The van der Waals surface area contributed by atoms with Gasteiger partial charge in [0.25, 0.3) is 0 Å². The number of quaternary nitrogens is 1. The van der Waals surface area contributed by atoms with E-state index in [1.165, 1.54) is 116 Å². The third-order valence-corrected chi connectivity index (χ3v) is 14.1. The van der Waals surface area contributed by atoms with Crippen LogP contribution >= 0.6 is 7.82 Å². The van der Waals surface area contributed by atoms with Gasteiger partial charge in [-0.3, -0.25) is 18.6 Å². The lowest BCUT2D eigenvalue weighted by molar-refractivity contribution is -0.870. The number of amides is 1. The van der Waals surface area contributed by atoms with Gasteiger partial charge in [-0.15, -0.1) is 0 Å². The minimum Gasteiger partial charge on any atom is -0.456 e. The molecule has 10 heteroatoms. The molecule has 9 nitrogen and oxygen atoms in total. The summed E-state index contributed by atoms with van der Waals surface area (Å²) in [5.74, 6) is -0.533. The number of phosphoric acid groups is 1. The Kier molecular flexibility index (Phi) is 51.5. The molecule has 0 bridgehead atoms. The zero-order valence-corrected chi connectivity index (χ0v) is 49.7. The van der Waals surface area contributed by atoms with E-state index in [4.69, 9.17) is 13.8 Å². The fraction of sp³-hybridized carbons (Fsp3) is 0.750. The van der Waals surface area contributed by atoms with Crippen LogP contribution in [0.2, 0.25) is 0 Å². The van der Waals surface area contributed by atoms with Crippen molar-refractivity contribution in [2.75, 3.05) is 40.9 Å². The molecule has 1 amide bonds. The molecule has 0 aliphatic rings. The molecule has 0 fully saturated rings. The number of rotatable bonds is 54. The highest BCUT2D eigenvalue weighted by Crippen LogP contribution is 2.43. The number of carbonyl (C=O) groups excluding carboxylic acids is 2. The molecule has 0 spiro atoms. The highest BCUT2D eigenvalue weighted by molar-refractivity contribution is 7.47. The number of carbonyl (C=O) groups is 2. The van der Waals surface area contributed by atoms with E-state index < -0.39 is 20.0 Å². The summed E-state index contributed by atoms with van der Waals surface area (Å²) in [6, 6.07) is -0.860. The topological polar surface area (TPSA) is 111 Å². The number of likely N-dealkylation sites (N-methyl/N-ethyl adjacent to an activating group) is 1. The van der Waals surface area contributed by atoms with Crippen LogP contribution in [0, 0.1) is 0 Å². The average molecular weight is 1060 g/mol. The number of esters is 1. The van der Waals surface area contributed by atoms with Gasteiger partial charge in [0.2, 0.25) is 5.91 Å². The summed E-state index contributed by atoms with van der Waals surface area (Å²) in [5.41, 5.74) is 0. The molecule has 2 N–H and O–H groups in total. The van der Waals surface area contributed by atoms with Crippen molar-refractivity contribution in [2.24, 2.45) is 0 Å². The molecule has 0 saturated heterocycles. The van der Waals surface area contributed by atoms with Crippen LogP contribution in [0.4, 0.5) is 0 Å². The molecular weight excluding hydrogens is 940 g/mol. The SMILES string of the molecule is CC/C=C\C/C=C\C/C=C\C/C=C\C/C=C\C/C=C\CCCCCCC(=O)OC(/C=C/CCCCCCCCCCC)C(COP(=O)(O)OCC[N+](C)(C)C)NC(=O)CCCCCCCCCCCCCCCC. The predicted octanol–water partition coefficient (Wildman–Crippen LogP) is 18.6. The second-order valence-corrected chi connectivity index (χ2v) is 23.0. The first-order valence-electron chi connectivity index (χ1n) is 30.4. The van der Waals surface area contributed by atoms with Gasteiger partial charge >= 0.3 is 13.8 Å². The van der Waals surface area contributed by atoms with Crippen molar-refractivity contribution in [3.63, 3.8) is 0 Å². The average Bonchev–Trinajstić information content (AvgIpc) is 3.36. The van der Waals surface area contributed by atoms with E-state index in [0.29, 0.717) is 23.9 Å². The van der Waals surface area contributed by atoms with Crippen LogP contribution in [0.3, 0.4) is 0 Å². The van der Waals surface area contributed by atoms with Crippen LogP contribution in [0.15, 0.2) is 85.1 Å². The lowest BCUT2D eigenvalue weighted by atomic mass is 10.0. The predicted molar refractivity (Wildman–Crippen MR) is 318 cm³/mol. The van der Waals surface area contributed by atoms with E-state index in [1.807, 2.05) is 33.3 Å². The third-order valence-electron chi connectivity index (χ3n) is 13.1. The molecule has 0 saturated carbocycles. The molecule has 0 aromatic carbocycles. The largest absolute Gasteiger partial charge is 0.472 e. The molecule has 3 atom stereocenters. The van der Waals surface area contributed by atoms with Gasteiger partial charge in [0.05, 0.1) is 33.8 Å². The Morgan fingerprint density at radius 2 is 0.865 bits per heavy atom. The van der Waals surface area contributed by atoms with Crippen molar-refractivity contribution in [3.05, 3.63) is 85.1 Å². The third kappa shape index (κ3) is 54.0. The minimum absolute atomic E-state index is 0.0336. The number of phosphoric ester groups is 1. The number of nitrogens with one attached hydrogen (secondary N) is 1.